The summed E-state index contributed by atoms with van der Waals surface area (Å²) in [6.45, 7) is 2.35. The molecule has 228 valence electrons. The molecule has 4 rings (SSSR count). The monoisotopic (exact) mass is 723 g/mol. The number of carbonyl (C=O) groups is 2. The molecule has 2 amide bonds. The summed E-state index contributed by atoms with van der Waals surface area (Å²) < 4.78 is 92.0. The van der Waals surface area contributed by atoms with E-state index in [4.69, 9.17) is 0 Å². The number of hydrogen-bond donors (Lipinski definition) is 2. The Bertz CT molecular complexity index is 1620. The lowest BCUT2D eigenvalue weighted by Gasteiger charge is -2.46. The highest BCUT2D eigenvalue weighted by Gasteiger charge is 2.46. The van der Waals surface area contributed by atoms with Crippen molar-refractivity contribution in [1.82, 2.24) is 20.0 Å². The number of nitrogens with one attached hydrogen (secondary N) is 1. The Balaban J connectivity index is 1.75. The van der Waals surface area contributed by atoms with Crippen molar-refractivity contribution in [2.75, 3.05) is 12.4 Å². The van der Waals surface area contributed by atoms with E-state index in [0.717, 1.165) is 58.1 Å². The third kappa shape index (κ3) is 6.29. The molecule has 1 aliphatic heterocycles. The molecule has 0 atom stereocenters. The summed E-state index contributed by atoms with van der Waals surface area (Å²) in [5.74, 6) is -5.43. The van der Waals surface area contributed by atoms with Crippen LogP contribution in [-0.4, -0.2) is 49.5 Å². The van der Waals surface area contributed by atoms with Gasteiger partial charge in [0.1, 0.15) is 22.7 Å². The third-order valence-corrected chi connectivity index (χ3v) is 7.33. The van der Waals surface area contributed by atoms with Crippen LogP contribution >= 0.6 is 22.6 Å². The Morgan fingerprint density at radius 1 is 1.05 bits per heavy atom. The van der Waals surface area contributed by atoms with Gasteiger partial charge >= 0.3 is 10.1 Å². The summed E-state index contributed by atoms with van der Waals surface area (Å²) >= 11 is 0.800. The molecule has 8 nitrogen and oxygen atoms in total. The Hall–Kier alpha value is -3.80. The largest absolute Gasteiger partial charge is 0.509 e. The van der Waals surface area contributed by atoms with Crippen LogP contribution in [0.5, 0.6) is 0 Å². The van der Waals surface area contributed by atoms with Gasteiger partial charge in [0.25, 0.3) is 11.8 Å². The zero-order chi connectivity index (χ0) is 32.1. The summed E-state index contributed by atoms with van der Waals surface area (Å²) in [4.78, 5) is 34.1. The van der Waals surface area contributed by atoms with Gasteiger partial charge in [0, 0.05) is 47.0 Å². The lowest BCUT2D eigenvalue weighted by atomic mass is 9.93. The number of likely N-dealkylation sites (N-methyl/N-ethyl adjacent to an activating group) is 1. The van der Waals surface area contributed by atoms with Gasteiger partial charge in [-0.25, -0.2) is 18.8 Å². The van der Waals surface area contributed by atoms with Gasteiger partial charge in [0.05, 0.1) is 23.5 Å². The average Bonchev–Trinajstić information content (AvgIpc) is 2.92. The van der Waals surface area contributed by atoms with Gasteiger partial charge in [-0.3, -0.25) is 19.6 Å². The van der Waals surface area contributed by atoms with Gasteiger partial charge in [-0.05, 0) is 44.2 Å². The van der Waals surface area contributed by atoms with Crippen molar-refractivity contribution in [3.05, 3.63) is 88.6 Å². The van der Waals surface area contributed by atoms with E-state index in [1.807, 2.05) is 0 Å². The Morgan fingerprint density at radius 2 is 1.70 bits per heavy atom. The summed E-state index contributed by atoms with van der Waals surface area (Å²) in [6, 6.07) is 6.70. The van der Waals surface area contributed by atoms with Crippen molar-refractivity contribution >= 4 is 40.1 Å². The smallest absolute Gasteiger partial charge is 0.433 e. The minimum atomic E-state index is -4.79. The van der Waals surface area contributed by atoms with Crippen LogP contribution in [-0.2, 0) is 26.2 Å². The predicted molar refractivity (Wildman–Crippen MR) is 147 cm³/mol. The highest BCUT2D eigenvalue weighted by atomic mass is 127. The van der Waals surface area contributed by atoms with Crippen molar-refractivity contribution < 1.29 is 45.4 Å². The Kier molecular flexibility index (Phi) is 8.49. The van der Waals surface area contributed by atoms with Crippen LogP contribution < -0.4 is 5.32 Å². The standard InChI is InChI=1S/C27H21F7IN5O3/c1-25(2)22(41)19(24(43)40(39(25)3)12-14-5-4-6-15(28)20(14)29)23(42)37-16-8-10-18(27(33,34)35)38-21(16)13-7-9-17(36-11-13)26(30,31)32/h4-11,41H,12H2,1-3H3,(H,37,42). The normalized spacial score (nSPS) is 16.1. The average molecular weight is 723 g/mol. The molecule has 3 heterocycles. The number of benzene rings is 1. The number of rotatable bonds is 6. The second kappa shape index (κ2) is 11.4. The van der Waals surface area contributed by atoms with Gasteiger partial charge < -0.3 is 10.4 Å². The fraction of sp³-hybridized carbons (Fsp3) is 0.259. The Morgan fingerprint density at radius 3 is 2.28 bits per heavy atom. The molecular weight excluding hydrogens is 702 g/mol. The number of nitrogens with zero attached hydrogens (tertiary/aromatic N) is 4. The first-order chi connectivity index (χ1) is 19.8. The van der Waals surface area contributed by atoms with E-state index in [1.54, 1.807) is 0 Å². The maximum absolute atomic E-state index is 14.4. The van der Waals surface area contributed by atoms with Crippen LogP contribution in [0.15, 0.2) is 60.0 Å². The first-order valence-electron chi connectivity index (χ1n) is 12.2. The molecule has 0 unspecified atom stereocenters. The van der Waals surface area contributed by atoms with E-state index >= 15 is 0 Å². The molecule has 0 saturated carbocycles. The van der Waals surface area contributed by atoms with Crippen molar-refractivity contribution in [3.63, 3.8) is 0 Å². The number of halogens is 8. The molecule has 2 aromatic heterocycles. The van der Waals surface area contributed by atoms with Crippen LogP contribution in [0, 0.1) is 11.6 Å². The zero-order valence-electron chi connectivity index (χ0n) is 22.4. The number of aromatic nitrogens is 2. The molecule has 0 spiro atoms. The van der Waals surface area contributed by atoms with Crippen LogP contribution in [0.3, 0.4) is 0 Å². The molecule has 0 saturated heterocycles. The van der Waals surface area contributed by atoms with Crippen molar-refractivity contribution in [2.45, 2.75) is 36.0 Å². The second-order valence-electron chi connectivity index (χ2n) is 9.86. The van der Waals surface area contributed by atoms with Crippen LogP contribution in [0.1, 0.15) is 30.8 Å². The number of carbonyl (C=O) groups excluding carboxylic acids is 2. The molecule has 16 heteroatoms. The third-order valence-electron chi connectivity index (χ3n) is 6.78. The minimum Gasteiger partial charge on any atom is -0.509 e. The molecule has 0 radical (unpaired) electrons. The van der Waals surface area contributed by atoms with E-state index in [1.165, 1.54) is 38.0 Å². The van der Waals surface area contributed by atoms with E-state index in [2.05, 4.69) is 15.3 Å². The van der Waals surface area contributed by atoms with Gasteiger partial charge in [-0.2, -0.15) is 22.0 Å². The molecule has 0 bridgehead atoms. The topological polar surface area (TPSA) is 98.7 Å². The Labute approximate surface area is 253 Å². The van der Waals surface area contributed by atoms with Gasteiger partial charge in [-0.15, -0.1) is 0 Å². The molecule has 0 aliphatic carbocycles. The maximum atomic E-state index is 14.4. The van der Waals surface area contributed by atoms with E-state index < -0.39 is 74.1 Å². The summed E-state index contributed by atoms with van der Waals surface area (Å²) in [5.41, 5.74) is -5.40. The molecule has 3 aromatic rings. The number of hydrogen-bond acceptors (Lipinski definition) is 6. The lowest BCUT2D eigenvalue weighted by Crippen LogP contribution is -2.60. The van der Waals surface area contributed by atoms with E-state index in [0.29, 0.717) is 6.07 Å². The van der Waals surface area contributed by atoms with Gasteiger partial charge in [0.2, 0.25) is 0 Å². The minimum absolute atomic E-state index is 0.178. The first kappa shape index (κ1) is 32.1. The second-order valence-corrected chi connectivity index (χ2v) is 11.2. The molecule has 2 N–H and O–H groups in total. The van der Waals surface area contributed by atoms with Crippen LogP contribution in [0.2, 0.25) is 0 Å². The zero-order valence-corrected chi connectivity index (χ0v) is 24.6. The van der Waals surface area contributed by atoms with E-state index in [9.17, 15) is 45.4 Å². The van der Waals surface area contributed by atoms with Gasteiger partial charge in [0.15, 0.2) is 11.6 Å². The van der Waals surface area contributed by atoms with Crippen LogP contribution in [0.25, 0.3) is 11.3 Å². The summed E-state index contributed by atoms with van der Waals surface area (Å²) in [7, 11) is 1.38. The van der Waals surface area contributed by atoms with E-state index in [-0.39, 0.29) is 16.8 Å². The predicted octanol–water partition coefficient (Wildman–Crippen LogP) is 6.34. The number of aliphatic hydroxyl groups excluding tert-OH is 1. The number of pyridine rings is 2. The van der Waals surface area contributed by atoms with Crippen LogP contribution in [0.4, 0.5) is 36.4 Å². The SMILES string of the molecule is CN1N(Cc2cccc(F)c2F)C(=O)C(C(=O)Nc2ccc(C(F)(F)I)nc2-c2ccc(C(F)(F)F)nc2)=C(O)C1(C)C. The summed E-state index contributed by atoms with van der Waals surface area (Å²) in [5, 5.41) is 15.4. The highest BCUT2D eigenvalue weighted by molar-refractivity contribution is 14.1. The lowest BCUT2D eigenvalue weighted by molar-refractivity contribution is -0.160. The van der Waals surface area contributed by atoms with Crippen molar-refractivity contribution in [2.24, 2.45) is 0 Å². The fourth-order valence-electron chi connectivity index (χ4n) is 4.17. The number of hydrazine groups is 1. The quantitative estimate of drug-likeness (QED) is 0.133. The summed E-state index contributed by atoms with van der Waals surface area (Å²) in [6.07, 6.45) is -4.06. The number of amides is 2. The molecule has 1 aromatic carbocycles. The van der Waals surface area contributed by atoms with Crippen molar-refractivity contribution in [1.29, 1.82) is 0 Å². The molecular formula is C27H21F7IN5O3. The molecule has 1 aliphatic rings. The molecule has 0 fully saturated rings. The number of aliphatic hydroxyl groups is 1. The highest BCUT2D eigenvalue weighted by Crippen LogP contribution is 2.38. The maximum Gasteiger partial charge on any atom is 0.433 e. The van der Waals surface area contributed by atoms with Gasteiger partial charge in [-0.1, -0.05) is 12.1 Å². The fourth-order valence-corrected chi connectivity index (χ4v) is 4.47. The van der Waals surface area contributed by atoms with Crippen molar-refractivity contribution in [3.8, 4) is 11.3 Å². The molecule has 43 heavy (non-hydrogen) atoms. The number of alkyl halides is 6. The number of anilines is 1. The first-order valence-corrected chi connectivity index (χ1v) is 13.3.